The number of aryl methyl sites for hydroxylation is 1. The number of rotatable bonds is 55. The number of hydrogen-bond donors (Lipinski definition) is 29. The van der Waals surface area contributed by atoms with Gasteiger partial charge in [-0.1, -0.05) is 0 Å². The fourth-order valence-corrected chi connectivity index (χ4v) is 19.9. The van der Waals surface area contributed by atoms with Crippen LogP contribution in [0.4, 0.5) is 11.8 Å². The number of aromatic nitrogens is 10. The van der Waals surface area contributed by atoms with Gasteiger partial charge in [0.05, 0.1) is 70.9 Å². The number of anilines is 2. The van der Waals surface area contributed by atoms with Gasteiger partial charge in [-0.15, -0.1) is 0 Å². The Hall–Kier alpha value is -13.2. The number of carbonyl (C=O) groups is 8. The van der Waals surface area contributed by atoms with Crippen molar-refractivity contribution in [2.45, 2.75) is 164 Å². The van der Waals surface area contributed by atoms with Gasteiger partial charge >= 0.3 is 21.0 Å². The number of carbonyl (C=O) groups excluding carboxylic acids is 8. The summed E-state index contributed by atoms with van der Waals surface area (Å²) in [5.41, 5.74) is 43.8. The number of nitrogens with zero attached hydrogens (tertiary/aromatic N) is 14. The van der Waals surface area contributed by atoms with E-state index in [0.717, 1.165) is 4.57 Å². The molecule has 66 heteroatoms. The van der Waals surface area contributed by atoms with Gasteiger partial charge in [0.25, 0.3) is 18.6 Å². The molecule has 0 bridgehead atoms. The van der Waals surface area contributed by atoms with E-state index in [9.17, 15) is 42.9 Å². The van der Waals surface area contributed by atoms with Crippen LogP contribution in [0, 0.1) is 39.4 Å². The van der Waals surface area contributed by atoms with Gasteiger partial charge < -0.3 is 148 Å². The van der Waals surface area contributed by atoms with Gasteiger partial charge in [-0.3, -0.25) is 118 Å². The summed E-state index contributed by atoms with van der Waals surface area (Å²) in [6, 6.07) is -9.02. The molecule has 0 spiro atoms. The number of H-pyrrole nitrogens is 2. The Morgan fingerprint density at radius 3 is 1.20 bits per heavy atom. The predicted octanol–water partition coefficient (Wildman–Crippen LogP) is -8.49. The van der Waals surface area contributed by atoms with Crippen LogP contribution in [0.1, 0.15) is 108 Å². The van der Waals surface area contributed by atoms with Crippen LogP contribution in [0.3, 0.4) is 0 Å². The summed E-state index contributed by atoms with van der Waals surface area (Å²) >= 11 is 0. The van der Waals surface area contributed by atoms with E-state index in [4.69, 9.17) is 106 Å². The zero-order valence-electron chi connectivity index (χ0n) is 80.9. The number of hydrogen-bond acceptors (Lipinski definition) is 33. The lowest BCUT2D eigenvalue weighted by molar-refractivity contribution is -0.158. The molecule has 5 aromatic rings. The minimum absolute atomic E-state index is 0.000375. The summed E-state index contributed by atoms with van der Waals surface area (Å²) in [7, 11) is -3.22. The molecular weight excluding hydrogens is 1940 g/mol. The zero-order valence-corrected chi connectivity index (χ0v) is 83.6. The normalized spacial score (nSPS) is 19.3. The average molecular weight is 2080 g/mol. The lowest BCUT2D eigenvalue weighted by Gasteiger charge is -2.45. The standard InChI is InChI=1S/C77H136N43O20P3/c1-42-29-118(77(131)111-62(42)123)55-34-116(31-45(139-55)36-135-141(9,132)112(3)4)142(133,113(5)6)137-38-46-32-117(35-56(140-46)119-40-101-57-59(78)99-39-100-60(57)119)143(134,114(7)8)136-37-44-30-115(33-54(138-44)120-41-102-58-61(120)109-76(91)110-69(58)130)53(122)28-98-63(124)47(16-10-22-92-70(79)80)104-65(126)49(18-12-24-94-72(83)84)106-67(128)51(20-14-26-96-74(87)88)108-68(129)52(21-15-27-97-75(89)90)107-66(127)50(19-13-25-95-73(85)86)105-64(125)48(103-43(2)121)17-11-23-93-71(81)82/h29,39-41,44-52,54-56H,10-28,30-38H2,1-9H3,(H,98,124)(H,103,121)(H,104,126)(H,105,125)(H,106,128)(H,107,127)(H,108,129)(H2,78,99,100)(H4,79,80,92)(H4,81,82,93)(H4,83,84,94)(H4,85,86,95)(H4,87,88,96)(H4,89,90,97)(H,111,123,131)(H3,91,109,110,130). The Labute approximate surface area is 820 Å². The highest BCUT2D eigenvalue weighted by Crippen LogP contribution is 2.57. The maximum absolute atomic E-state index is 16.4. The van der Waals surface area contributed by atoms with Crippen LogP contribution in [0.15, 0.2) is 39.6 Å². The van der Waals surface area contributed by atoms with Gasteiger partial charge in [0.2, 0.25) is 53.2 Å². The molecule has 3 fully saturated rings. The number of guanidine groups is 6. The van der Waals surface area contributed by atoms with E-state index in [0.29, 0.717) is 0 Å². The van der Waals surface area contributed by atoms with Crippen molar-refractivity contribution >= 4 is 140 Å². The van der Waals surface area contributed by atoms with Gasteiger partial charge in [-0.2, -0.15) is 4.98 Å². The van der Waals surface area contributed by atoms with Gasteiger partial charge in [0, 0.05) is 84.3 Å². The number of imidazole rings is 2. The molecule has 143 heavy (non-hydrogen) atoms. The highest BCUT2D eigenvalue weighted by Gasteiger charge is 2.48. The van der Waals surface area contributed by atoms with E-state index >= 15 is 23.5 Å². The number of ether oxygens (including phenoxy) is 3. The van der Waals surface area contributed by atoms with Gasteiger partial charge in [-0.25, -0.2) is 48.1 Å². The van der Waals surface area contributed by atoms with E-state index in [1.54, 1.807) is 14.1 Å². The fraction of sp³-hybridized carbons (Fsp3) is 0.636. The maximum atomic E-state index is 16.4. The molecule has 5 aromatic heterocycles. The van der Waals surface area contributed by atoms with Gasteiger partial charge in [0.15, 0.2) is 70.8 Å². The fourth-order valence-electron chi connectivity index (χ4n) is 15.2. The summed E-state index contributed by atoms with van der Waals surface area (Å²) in [6.07, 6.45) is -2.96. The maximum Gasteiger partial charge on any atom is 0.345 e. The summed E-state index contributed by atoms with van der Waals surface area (Å²) in [4.78, 5) is 183. The first-order valence-electron chi connectivity index (χ1n) is 45.5. The molecule has 3 saturated heterocycles. The first-order valence-corrected chi connectivity index (χ1v) is 50.6. The summed E-state index contributed by atoms with van der Waals surface area (Å²) in [6.45, 7) is -0.00944. The molecule has 15 atom stereocenters. The van der Waals surface area contributed by atoms with Gasteiger partial charge in [-0.05, 0) is 126 Å². The topological polar surface area (TPSA) is 932 Å². The molecule has 37 N–H and O–H groups in total. The minimum Gasteiger partial charge on any atom is -0.382 e. The number of aromatic amines is 2. The molecule has 0 radical (unpaired) electrons. The lowest BCUT2D eigenvalue weighted by atomic mass is 10.0. The largest absolute Gasteiger partial charge is 0.382 e. The number of nitrogen functional groups attached to an aromatic ring is 2. The van der Waals surface area contributed by atoms with Crippen molar-refractivity contribution < 1.29 is 79.8 Å². The number of fused-ring (bicyclic) bond motifs is 2. The molecule has 63 nitrogen and oxygen atoms in total. The van der Waals surface area contributed by atoms with Crippen LogP contribution < -0.4 is 132 Å². The molecule has 0 saturated carbocycles. The summed E-state index contributed by atoms with van der Waals surface area (Å²) < 4.78 is 95.6. The molecular formula is C77H136N43O20P3. The van der Waals surface area contributed by atoms with Crippen LogP contribution in [-0.2, 0) is 79.8 Å². The highest BCUT2D eigenvalue weighted by atomic mass is 31.2. The third-order valence-electron chi connectivity index (χ3n) is 22.7. The van der Waals surface area contributed by atoms with Crippen molar-refractivity contribution in [3.8, 4) is 0 Å². The van der Waals surface area contributed by atoms with E-state index in [1.807, 2.05) is 0 Å². The van der Waals surface area contributed by atoms with E-state index < -0.39 is 210 Å². The van der Waals surface area contributed by atoms with Crippen LogP contribution in [-0.4, -0.2) is 368 Å². The highest BCUT2D eigenvalue weighted by molar-refractivity contribution is 7.55. The van der Waals surface area contributed by atoms with Crippen molar-refractivity contribution in [2.75, 3.05) is 165 Å². The van der Waals surface area contributed by atoms with Crippen molar-refractivity contribution in [3.63, 3.8) is 0 Å². The SMILES string of the molecule is CC(=O)NC(CCCNC(=N)N)C(=O)NC(CCCNC(=N)N)C(=O)NC(CCCNC(=N)N)C(=O)NC(CCCNC(=N)N)C(=O)NC(CCCNC(=N)N)C(=O)NC(CCCNC(=N)N)C(=O)NCC(=O)N1CC(COP(=O)(N(C)C)N2CC(COP(=O)(N(C)C)N3CC(COP(C)(=O)N(C)C)OC(n4cc(C)c(=O)[nH]c4=O)C3)OC(n3cnc4c(N)ncnc43)C2)OC(n2cnc3c(=O)[nH]c(N)nc32)C1. The minimum atomic E-state index is -4.49. The van der Waals surface area contributed by atoms with Crippen molar-refractivity contribution in [1.82, 2.24) is 146 Å². The quantitative estimate of drug-likeness (QED) is 0.00744. The molecule has 8 heterocycles. The summed E-state index contributed by atoms with van der Waals surface area (Å²) in [5.74, 6) is -10.00. The van der Waals surface area contributed by atoms with Crippen molar-refractivity contribution in [1.29, 1.82) is 32.5 Å². The second kappa shape index (κ2) is 53.8. The number of amides is 8. The lowest BCUT2D eigenvalue weighted by Crippen LogP contribution is -2.60. The molecule has 794 valence electrons. The van der Waals surface area contributed by atoms with Crippen molar-refractivity contribution in [2.24, 2.45) is 34.4 Å². The smallest absolute Gasteiger partial charge is 0.345 e. The van der Waals surface area contributed by atoms with Crippen LogP contribution >= 0.6 is 22.9 Å². The van der Waals surface area contributed by atoms with E-state index in [1.165, 1.54) is 111 Å². The van der Waals surface area contributed by atoms with Gasteiger partial charge in [0.1, 0.15) is 60.4 Å². The van der Waals surface area contributed by atoms with E-state index in [2.05, 4.69) is 104 Å². The second-order valence-electron chi connectivity index (χ2n) is 34.4. The molecule has 15 unspecified atom stereocenters. The Bertz CT molecular complexity index is 5660. The molecule has 0 aliphatic carbocycles. The van der Waals surface area contributed by atoms with Crippen LogP contribution in [0.5, 0.6) is 0 Å². The Morgan fingerprint density at radius 1 is 0.455 bits per heavy atom. The summed E-state index contributed by atoms with van der Waals surface area (Å²) in [5, 5.41) is 80.5. The predicted molar refractivity (Wildman–Crippen MR) is 523 cm³/mol. The first-order chi connectivity index (χ1) is 67.5. The number of nitrogens with one attached hydrogen (secondary N) is 21. The van der Waals surface area contributed by atoms with Crippen LogP contribution in [0.25, 0.3) is 22.3 Å². The molecule has 8 amide bonds. The first kappa shape index (κ1) is 115. The number of morpholine rings is 3. The zero-order chi connectivity index (χ0) is 105. The Kier molecular flexibility index (Phi) is 43.3. The molecule has 8 rings (SSSR count). The Balaban J connectivity index is 1.07. The monoisotopic (exact) mass is 2080 g/mol. The van der Waals surface area contributed by atoms with Crippen LogP contribution in [0.2, 0.25) is 0 Å². The molecule has 0 aromatic carbocycles. The average Bonchev–Trinajstić information content (AvgIpc) is 1.75. The van der Waals surface area contributed by atoms with E-state index in [-0.39, 0.29) is 208 Å². The number of nitrogens with two attached hydrogens (primary N) is 8. The third kappa shape index (κ3) is 34.3. The third-order valence-corrected chi connectivity index (χ3v) is 29.8. The van der Waals surface area contributed by atoms with Crippen molar-refractivity contribution in [3.05, 3.63) is 61.9 Å². The molecule has 3 aliphatic rings. The second-order valence-corrected chi connectivity index (χ2v) is 42.3. The molecule has 3 aliphatic heterocycles. The Morgan fingerprint density at radius 2 is 0.811 bits per heavy atom.